The topological polar surface area (TPSA) is 68.0 Å². The van der Waals surface area contributed by atoms with Crippen molar-refractivity contribution in [1.29, 1.82) is 0 Å². The Balaban J connectivity index is 2.29. The van der Waals surface area contributed by atoms with Crippen LogP contribution in [0.15, 0.2) is 54.9 Å². The smallest absolute Gasteiger partial charge is 0.356 e. The molecule has 0 saturated carbocycles. The fourth-order valence-electron chi connectivity index (χ4n) is 2.30. The van der Waals surface area contributed by atoms with Crippen molar-refractivity contribution in [1.82, 2.24) is 14.8 Å². The highest BCUT2D eigenvalue weighted by molar-refractivity contribution is 5.90. The lowest BCUT2D eigenvalue weighted by Crippen LogP contribution is -2.02. The van der Waals surface area contributed by atoms with E-state index in [2.05, 4.69) is 10.1 Å². The second-order valence-corrected chi connectivity index (χ2v) is 4.62. The van der Waals surface area contributed by atoms with Gasteiger partial charge in [-0.25, -0.2) is 9.48 Å². The van der Waals surface area contributed by atoms with Crippen molar-refractivity contribution < 1.29 is 9.90 Å². The monoisotopic (exact) mass is 279 g/mol. The van der Waals surface area contributed by atoms with Crippen LogP contribution in [-0.2, 0) is 0 Å². The highest BCUT2D eigenvalue weighted by Crippen LogP contribution is 2.28. The van der Waals surface area contributed by atoms with Crippen molar-refractivity contribution in [3.8, 4) is 16.9 Å². The lowest BCUT2D eigenvalue weighted by atomic mass is 10.1. The molecule has 3 rings (SSSR count). The molecule has 5 heteroatoms. The molecule has 104 valence electrons. The number of pyridine rings is 1. The summed E-state index contributed by atoms with van der Waals surface area (Å²) in [5.74, 6) is -1.03. The quantitative estimate of drug-likeness (QED) is 0.800. The van der Waals surface area contributed by atoms with Crippen molar-refractivity contribution in [2.75, 3.05) is 0 Å². The van der Waals surface area contributed by atoms with Crippen LogP contribution in [0.1, 0.15) is 16.1 Å². The third-order valence-corrected chi connectivity index (χ3v) is 3.26. The van der Waals surface area contributed by atoms with Gasteiger partial charge < -0.3 is 5.11 Å². The number of aromatic nitrogens is 3. The number of rotatable bonds is 3. The molecule has 1 N–H and O–H groups in total. The molecule has 0 fully saturated rings. The zero-order chi connectivity index (χ0) is 14.8. The highest BCUT2D eigenvalue weighted by Gasteiger charge is 2.21. The van der Waals surface area contributed by atoms with Crippen LogP contribution in [0.2, 0.25) is 0 Å². The van der Waals surface area contributed by atoms with Gasteiger partial charge in [0.25, 0.3) is 0 Å². The van der Waals surface area contributed by atoms with E-state index < -0.39 is 5.97 Å². The lowest BCUT2D eigenvalue weighted by Gasteiger charge is -2.08. The molecule has 0 aliphatic heterocycles. The normalized spacial score (nSPS) is 10.5. The number of carbonyl (C=O) groups is 1. The van der Waals surface area contributed by atoms with E-state index in [1.54, 1.807) is 30.1 Å². The van der Waals surface area contributed by atoms with Crippen molar-refractivity contribution in [3.63, 3.8) is 0 Å². The standard InChI is InChI=1S/C16H13N3O2/c1-11-14(16(20)21)18-19(13-8-5-9-17-10-13)15(11)12-6-3-2-4-7-12/h2-10H,1H3,(H,20,21). The predicted octanol–water partition coefficient (Wildman–Crippen LogP) is 2.94. The summed E-state index contributed by atoms with van der Waals surface area (Å²) in [6, 6.07) is 13.2. The average Bonchev–Trinajstić information content (AvgIpc) is 2.87. The largest absolute Gasteiger partial charge is 0.476 e. The van der Waals surface area contributed by atoms with Gasteiger partial charge >= 0.3 is 5.97 Å². The minimum absolute atomic E-state index is 0.0534. The number of hydrogen-bond donors (Lipinski definition) is 1. The first-order valence-corrected chi connectivity index (χ1v) is 6.47. The molecule has 0 spiro atoms. The van der Waals surface area contributed by atoms with Gasteiger partial charge in [-0.1, -0.05) is 30.3 Å². The van der Waals surface area contributed by atoms with Crippen molar-refractivity contribution in [3.05, 3.63) is 66.1 Å². The molecule has 0 radical (unpaired) electrons. The molecule has 2 heterocycles. The number of hydrogen-bond acceptors (Lipinski definition) is 3. The zero-order valence-electron chi connectivity index (χ0n) is 11.4. The summed E-state index contributed by atoms with van der Waals surface area (Å²) < 4.78 is 1.63. The minimum Gasteiger partial charge on any atom is -0.476 e. The van der Waals surface area contributed by atoms with Gasteiger partial charge in [0, 0.05) is 17.3 Å². The summed E-state index contributed by atoms with van der Waals surface area (Å²) in [5, 5.41) is 13.5. The van der Waals surface area contributed by atoms with Gasteiger partial charge in [-0.15, -0.1) is 0 Å². The second-order valence-electron chi connectivity index (χ2n) is 4.62. The van der Waals surface area contributed by atoms with Crippen molar-refractivity contribution in [2.24, 2.45) is 0 Å². The number of carboxylic acid groups (broad SMARTS) is 1. The van der Waals surface area contributed by atoms with E-state index in [0.29, 0.717) is 5.56 Å². The van der Waals surface area contributed by atoms with E-state index >= 15 is 0 Å². The van der Waals surface area contributed by atoms with Gasteiger partial charge in [0.2, 0.25) is 0 Å². The summed E-state index contributed by atoms with van der Waals surface area (Å²) in [6.45, 7) is 1.77. The van der Waals surface area contributed by atoms with Gasteiger partial charge in [-0.3, -0.25) is 4.98 Å². The summed E-state index contributed by atoms with van der Waals surface area (Å²) in [6.07, 6.45) is 3.32. The number of aromatic carboxylic acids is 1. The summed E-state index contributed by atoms with van der Waals surface area (Å²) in [4.78, 5) is 15.4. The van der Waals surface area contributed by atoms with Gasteiger partial charge in [-0.2, -0.15) is 5.10 Å². The first kappa shape index (κ1) is 13.1. The van der Waals surface area contributed by atoms with E-state index in [1.165, 1.54) is 0 Å². The summed E-state index contributed by atoms with van der Waals surface area (Å²) in [5.41, 5.74) is 3.10. The molecule has 0 saturated heterocycles. The molecular formula is C16H13N3O2. The van der Waals surface area contributed by atoms with Crippen LogP contribution in [-0.4, -0.2) is 25.8 Å². The summed E-state index contributed by atoms with van der Waals surface area (Å²) in [7, 11) is 0. The number of nitrogens with zero attached hydrogens (tertiary/aromatic N) is 3. The molecule has 21 heavy (non-hydrogen) atoms. The molecule has 0 aliphatic rings. The van der Waals surface area contributed by atoms with Crippen molar-refractivity contribution >= 4 is 5.97 Å². The molecule has 0 unspecified atom stereocenters. The molecular weight excluding hydrogens is 266 g/mol. The van der Waals surface area contributed by atoms with E-state index in [0.717, 1.165) is 16.9 Å². The maximum Gasteiger partial charge on any atom is 0.356 e. The Labute approximate surface area is 121 Å². The van der Waals surface area contributed by atoms with Gasteiger partial charge in [0.05, 0.1) is 17.6 Å². The Morgan fingerprint density at radius 2 is 1.90 bits per heavy atom. The third kappa shape index (κ3) is 2.29. The number of benzene rings is 1. The van der Waals surface area contributed by atoms with Crippen LogP contribution < -0.4 is 0 Å². The molecule has 5 nitrogen and oxygen atoms in total. The fraction of sp³-hybridized carbons (Fsp3) is 0.0625. The Morgan fingerprint density at radius 3 is 2.52 bits per heavy atom. The van der Waals surface area contributed by atoms with Gasteiger partial charge in [0.1, 0.15) is 0 Å². The average molecular weight is 279 g/mol. The predicted molar refractivity (Wildman–Crippen MR) is 78.5 cm³/mol. The van der Waals surface area contributed by atoms with E-state index in [4.69, 9.17) is 0 Å². The first-order valence-electron chi connectivity index (χ1n) is 6.47. The van der Waals surface area contributed by atoms with Crippen molar-refractivity contribution in [2.45, 2.75) is 6.92 Å². The minimum atomic E-state index is -1.03. The zero-order valence-corrected chi connectivity index (χ0v) is 11.4. The molecule has 0 atom stereocenters. The van der Waals surface area contributed by atoms with Crippen LogP contribution in [0.4, 0.5) is 0 Å². The van der Waals surface area contributed by atoms with Crippen LogP contribution in [0.25, 0.3) is 16.9 Å². The van der Waals surface area contributed by atoms with Crippen LogP contribution in [0.5, 0.6) is 0 Å². The Bertz CT molecular complexity index is 780. The number of carboxylic acids is 1. The first-order chi connectivity index (χ1) is 10.2. The molecule has 0 amide bonds. The van der Waals surface area contributed by atoms with E-state index in [-0.39, 0.29) is 5.69 Å². The molecule has 0 aliphatic carbocycles. The fourth-order valence-corrected chi connectivity index (χ4v) is 2.30. The second kappa shape index (κ2) is 5.20. The highest BCUT2D eigenvalue weighted by atomic mass is 16.4. The maximum absolute atomic E-state index is 11.4. The summed E-state index contributed by atoms with van der Waals surface area (Å²) >= 11 is 0. The van der Waals surface area contributed by atoms with E-state index in [9.17, 15) is 9.90 Å². The van der Waals surface area contributed by atoms with Crippen LogP contribution >= 0.6 is 0 Å². The molecule has 0 bridgehead atoms. The SMILES string of the molecule is Cc1c(C(=O)O)nn(-c2cccnc2)c1-c1ccccc1. The maximum atomic E-state index is 11.4. The molecule has 2 aromatic heterocycles. The van der Waals surface area contributed by atoms with E-state index in [1.807, 2.05) is 36.4 Å². The lowest BCUT2D eigenvalue weighted by molar-refractivity contribution is 0.0689. The van der Waals surface area contributed by atoms with Crippen LogP contribution in [0, 0.1) is 6.92 Å². The van der Waals surface area contributed by atoms with Gasteiger partial charge in [0.15, 0.2) is 5.69 Å². The Hall–Kier alpha value is -2.95. The third-order valence-electron chi connectivity index (χ3n) is 3.26. The molecule has 3 aromatic rings. The molecule has 1 aromatic carbocycles. The Kier molecular flexibility index (Phi) is 3.23. The van der Waals surface area contributed by atoms with Crippen LogP contribution in [0.3, 0.4) is 0 Å². The van der Waals surface area contributed by atoms with Gasteiger partial charge in [-0.05, 0) is 19.1 Å². The Morgan fingerprint density at radius 1 is 1.14 bits per heavy atom.